The van der Waals surface area contributed by atoms with Gasteiger partial charge in [-0.2, -0.15) is 0 Å². The van der Waals surface area contributed by atoms with Crippen molar-refractivity contribution in [3.05, 3.63) is 131 Å². The number of hydrogen-bond acceptors (Lipinski definition) is 8. The van der Waals surface area contributed by atoms with E-state index in [0.29, 0.717) is 39.7 Å². The molecule has 0 spiro atoms. The van der Waals surface area contributed by atoms with Crippen LogP contribution < -0.4 is 14.9 Å². The van der Waals surface area contributed by atoms with Gasteiger partial charge in [-0.1, -0.05) is 122 Å². The molecule has 0 aliphatic rings. The topological polar surface area (TPSA) is 197 Å². The average molecular weight is 807 g/mol. The number of nitrogens with zero attached hydrogens (tertiary/aromatic N) is 3. The number of aryl methyl sites for hydroxylation is 1. The predicted molar refractivity (Wildman–Crippen MR) is 212 cm³/mol. The fraction of sp³-hybridized carbons (Fsp3) is 0.256. The summed E-state index contributed by atoms with van der Waals surface area (Å²) < 4.78 is 39.3. The largest absolute Gasteiger partial charge is 0.755 e. The maximum absolute atomic E-state index is 13.5. The number of nitrogens with one attached hydrogen (secondary N) is 2. The summed E-state index contributed by atoms with van der Waals surface area (Å²) in [5.41, 5.74) is 5.11. The van der Waals surface area contributed by atoms with Crippen molar-refractivity contribution in [2.24, 2.45) is 0 Å². The molecule has 290 valence electrons. The summed E-state index contributed by atoms with van der Waals surface area (Å²) in [6, 6.07) is 29.5. The van der Waals surface area contributed by atoms with Crippen molar-refractivity contribution < 1.29 is 37.8 Å². The Morgan fingerprint density at radius 1 is 0.927 bits per heavy atom. The lowest BCUT2D eigenvalue weighted by atomic mass is 10.0. The SMILES string of the molecule is CCCCc1nc(Cl)c(CO)n1Cc1ccc(-c2ccccc2N(C(=O)CNC(=O)C(Cc2ccc(-c3ccccc3)cc2)NCP(=O)(O)O)S(=O)[O-])cc1. The zero-order valence-electron chi connectivity index (χ0n) is 30.0. The molecule has 0 saturated heterocycles. The number of benzene rings is 4. The van der Waals surface area contributed by atoms with Crippen LogP contribution in [0.4, 0.5) is 5.69 Å². The molecule has 16 heteroatoms. The van der Waals surface area contributed by atoms with Crippen LogP contribution in [-0.2, 0) is 51.4 Å². The lowest BCUT2D eigenvalue weighted by Gasteiger charge is -2.27. The van der Waals surface area contributed by atoms with Gasteiger partial charge in [0.25, 0.3) is 5.91 Å². The van der Waals surface area contributed by atoms with Crippen molar-refractivity contribution in [2.75, 3.05) is 17.1 Å². The second-order valence-corrected chi connectivity index (χ2v) is 15.6. The molecule has 1 aromatic heterocycles. The van der Waals surface area contributed by atoms with Crippen LogP contribution >= 0.6 is 19.2 Å². The van der Waals surface area contributed by atoms with E-state index in [1.54, 1.807) is 42.5 Å². The highest BCUT2D eigenvalue weighted by atomic mass is 35.5. The molecule has 0 fully saturated rings. The van der Waals surface area contributed by atoms with Crippen molar-refractivity contribution in [3.63, 3.8) is 0 Å². The van der Waals surface area contributed by atoms with Gasteiger partial charge in [0.2, 0.25) is 5.91 Å². The summed E-state index contributed by atoms with van der Waals surface area (Å²) in [6.07, 6.45) is 1.82. The normalized spacial score (nSPS) is 12.6. The van der Waals surface area contributed by atoms with Gasteiger partial charge in [-0.25, -0.2) is 9.29 Å². The summed E-state index contributed by atoms with van der Waals surface area (Å²) in [5.74, 6) is -0.943. The van der Waals surface area contributed by atoms with E-state index < -0.39 is 49.5 Å². The Kier molecular flexibility index (Phi) is 14.7. The fourth-order valence-electron chi connectivity index (χ4n) is 6.08. The molecule has 5 rings (SSSR count). The molecule has 0 radical (unpaired) electrons. The minimum absolute atomic E-state index is 0.0281. The van der Waals surface area contributed by atoms with E-state index in [9.17, 15) is 37.8 Å². The molecule has 5 aromatic rings. The molecule has 4 aromatic carbocycles. The van der Waals surface area contributed by atoms with E-state index in [2.05, 4.69) is 22.5 Å². The first-order valence-corrected chi connectivity index (χ1v) is 20.7. The van der Waals surface area contributed by atoms with Crippen molar-refractivity contribution in [1.29, 1.82) is 0 Å². The molecule has 2 unspecified atom stereocenters. The lowest BCUT2D eigenvalue weighted by Crippen LogP contribution is -2.49. The Morgan fingerprint density at radius 2 is 1.55 bits per heavy atom. The van der Waals surface area contributed by atoms with Crippen molar-refractivity contribution in [2.45, 2.75) is 51.8 Å². The Bertz CT molecular complexity index is 2150. The van der Waals surface area contributed by atoms with Crippen molar-refractivity contribution in [1.82, 2.24) is 20.2 Å². The number of hydrogen-bond donors (Lipinski definition) is 5. The zero-order chi connectivity index (χ0) is 39.5. The number of halogens is 1. The first kappa shape index (κ1) is 41.7. The number of imidazole rings is 1. The number of carbonyl (C=O) groups is 2. The van der Waals surface area contributed by atoms with Crippen molar-refractivity contribution in [3.8, 4) is 22.3 Å². The monoisotopic (exact) mass is 806 g/mol. The number of aromatic nitrogens is 2. The third-order valence-corrected chi connectivity index (χ3v) is 10.5. The second kappa shape index (κ2) is 19.4. The second-order valence-electron chi connectivity index (χ2n) is 12.8. The molecule has 1 heterocycles. The summed E-state index contributed by atoms with van der Waals surface area (Å²) in [7, 11) is -4.55. The van der Waals surface area contributed by atoms with Crippen LogP contribution in [0.15, 0.2) is 103 Å². The molecule has 0 saturated carbocycles. The van der Waals surface area contributed by atoms with Crippen LogP contribution in [0.5, 0.6) is 0 Å². The molecule has 13 nitrogen and oxygen atoms in total. The van der Waals surface area contributed by atoms with E-state index in [4.69, 9.17) is 11.6 Å². The van der Waals surface area contributed by atoms with E-state index in [-0.39, 0.29) is 23.9 Å². The van der Waals surface area contributed by atoms with Crippen LogP contribution in [0.25, 0.3) is 22.3 Å². The third kappa shape index (κ3) is 11.3. The van der Waals surface area contributed by atoms with Gasteiger partial charge < -0.3 is 29.3 Å². The van der Waals surface area contributed by atoms with Gasteiger partial charge >= 0.3 is 7.60 Å². The minimum atomic E-state index is -4.55. The fourth-order valence-corrected chi connectivity index (χ4v) is 7.35. The summed E-state index contributed by atoms with van der Waals surface area (Å²) in [4.78, 5) is 50.3. The molecule has 5 N–H and O–H groups in total. The van der Waals surface area contributed by atoms with Gasteiger partial charge in [-0.05, 0) is 46.7 Å². The first-order chi connectivity index (χ1) is 26.4. The Morgan fingerprint density at radius 3 is 2.18 bits per heavy atom. The molecule has 2 amide bonds. The minimum Gasteiger partial charge on any atom is -0.755 e. The number of anilines is 1. The van der Waals surface area contributed by atoms with Gasteiger partial charge in [-0.3, -0.25) is 23.7 Å². The van der Waals surface area contributed by atoms with Crippen LogP contribution in [-0.4, -0.2) is 63.9 Å². The summed E-state index contributed by atoms with van der Waals surface area (Å²) in [5, 5.41) is 15.2. The number of carbonyl (C=O) groups excluding carboxylic acids is 2. The van der Waals surface area contributed by atoms with Crippen LogP contribution in [0, 0.1) is 0 Å². The Hall–Kier alpha value is -4.50. The van der Waals surface area contributed by atoms with Gasteiger partial charge in [-0.15, -0.1) is 0 Å². The van der Waals surface area contributed by atoms with E-state index in [1.807, 2.05) is 59.2 Å². The number of aliphatic hydroxyl groups is 1. The van der Waals surface area contributed by atoms with Crippen LogP contribution in [0.2, 0.25) is 5.15 Å². The smallest absolute Gasteiger partial charge is 0.339 e. The molecule has 0 aliphatic heterocycles. The van der Waals surface area contributed by atoms with Crippen molar-refractivity contribution >= 4 is 48.0 Å². The molecule has 0 aliphatic carbocycles. The van der Waals surface area contributed by atoms with E-state index >= 15 is 0 Å². The number of amides is 2. The summed E-state index contributed by atoms with van der Waals surface area (Å²) in [6.45, 7) is 1.48. The first-order valence-electron chi connectivity index (χ1n) is 17.5. The van der Waals surface area contributed by atoms with Gasteiger partial charge in [0.1, 0.15) is 5.82 Å². The molecular weight excluding hydrogens is 765 g/mol. The van der Waals surface area contributed by atoms with E-state index in [0.717, 1.165) is 35.4 Å². The highest BCUT2D eigenvalue weighted by Gasteiger charge is 2.26. The maximum atomic E-state index is 13.5. The number of para-hydroxylation sites is 1. The molecule has 2 atom stereocenters. The highest BCUT2D eigenvalue weighted by Crippen LogP contribution is 2.33. The predicted octanol–water partition coefficient (Wildman–Crippen LogP) is 5.33. The standard InChI is InChI=1S/C39H43ClN5O8PS/c1-2-3-13-36-43-38(40)35(25-46)44(36)24-28-16-20-31(21-17-28)32-11-7-8-12-34(32)45(55(52)53)37(47)23-41-39(48)33(42-26-54(49,50)51)22-27-14-18-30(19-15-27)29-9-5-4-6-10-29/h4-12,14-21,33,42,46H,2-3,13,22-26H2,1H3,(H,41,48)(H,52,53)(H2,49,50,51)/p-1. The number of aliphatic hydroxyl groups excluding tert-OH is 1. The van der Waals surface area contributed by atoms with Gasteiger partial charge in [0.05, 0.1) is 48.1 Å². The highest BCUT2D eigenvalue weighted by molar-refractivity contribution is 7.81. The number of unbranched alkanes of at least 4 members (excludes halogenated alkanes) is 1. The quantitative estimate of drug-likeness (QED) is 0.0570. The molecule has 55 heavy (non-hydrogen) atoms. The van der Waals surface area contributed by atoms with E-state index in [1.165, 1.54) is 6.07 Å². The Labute approximate surface area is 327 Å². The van der Waals surface area contributed by atoms with Crippen LogP contribution in [0.1, 0.15) is 42.4 Å². The Balaban J connectivity index is 1.31. The third-order valence-electron chi connectivity index (χ3n) is 8.89. The lowest BCUT2D eigenvalue weighted by molar-refractivity contribution is -0.126. The van der Waals surface area contributed by atoms with Gasteiger partial charge in [0.15, 0.2) is 5.15 Å². The van der Waals surface area contributed by atoms with Gasteiger partial charge in [0, 0.05) is 18.5 Å². The summed E-state index contributed by atoms with van der Waals surface area (Å²) >= 11 is 3.23. The average Bonchev–Trinajstić information content (AvgIpc) is 3.48. The zero-order valence-corrected chi connectivity index (χ0v) is 32.5. The molecular formula is C39H42ClN5O8PS-. The number of rotatable bonds is 18. The maximum Gasteiger partial charge on any atom is 0.339 e. The molecule has 0 bridgehead atoms. The van der Waals surface area contributed by atoms with Crippen LogP contribution in [0.3, 0.4) is 0 Å².